The SMILES string of the molecule is CCc1nc2cc(C(=O)O)ccc2n1CCCCCSC. The molecule has 1 aromatic heterocycles. The maximum atomic E-state index is 11.0. The Morgan fingerprint density at radius 1 is 1.33 bits per heavy atom. The van der Waals surface area contributed by atoms with Crippen molar-refractivity contribution in [1.29, 1.82) is 0 Å². The second-order valence-electron chi connectivity index (χ2n) is 5.10. The van der Waals surface area contributed by atoms with E-state index in [9.17, 15) is 4.79 Å². The van der Waals surface area contributed by atoms with Crippen LogP contribution >= 0.6 is 11.8 Å². The lowest BCUT2D eigenvalue weighted by atomic mass is 10.2. The van der Waals surface area contributed by atoms with Crippen LogP contribution in [-0.2, 0) is 13.0 Å². The van der Waals surface area contributed by atoms with Gasteiger partial charge in [0.05, 0.1) is 16.6 Å². The summed E-state index contributed by atoms with van der Waals surface area (Å²) in [5.74, 6) is 1.35. The summed E-state index contributed by atoms with van der Waals surface area (Å²) in [6.07, 6.45) is 6.61. The molecule has 1 heterocycles. The number of rotatable bonds is 8. The molecular formula is C16H22N2O2S. The normalized spacial score (nSPS) is 11.1. The van der Waals surface area contributed by atoms with E-state index in [1.54, 1.807) is 12.1 Å². The van der Waals surface area contributed by atoms with E-state index in [0.29, 0.717) is 5.56 Å². The topological polar surface area (TPSA) is 55.1 Å². The van der Waals surface area contributed by atoms with Crippen LogP contribution in [0.15, 0.2) is 18.2 Å². The first-order valence-electron chi connectivity index (χ1n) is 7.38. The second kappa shape index (κ2) is 7.50. The van der Waals surface area contributed by atoms with Gasteiger partial charge in [-0.3, -0.25) is 0 Å². The Morgan fingerprint density at radius 3 is 2.81 bits per heavy atom. The quantitative estimate of drug-likeness (QED) is 0.753. The van der Waals surface area contributed by atoms with E-state index < -0.39 is 5.97 Å². The molecule has 2 aromatic rings. The lowest BCUT2D eigenvalue weighted by Gasteiger charge is -2.08. The number of aromatic nitrogens is 2. The number of thioether (sulfide) groups is 1. The molecular weight excluding hydrogens is 284 g/mol. The number of fused-ring (bicyclic) bond motifs is 1. The van der Waals surface area contributed by atoms with Crippen LogP contribution in [0, 0.1) is 0 Å². The number of hydrogen-bond donors (Lipinski definition) is 1. The third-order valence-corrected chi connectivity index (χ3v) is 4.32. The van der Waals surface area contributed by atoms with Gasteiger partial charge in [-0.1, -0.05) is 13.3 Å². The molecule has 0 aliphatic rings. The van der Waals surface area contributed by atoms with Crippen molar-refractivity contribution in [3.63, 3.8) is 0 Å². The van der Waals surface area contributed by atoms with Crippen LogP contribution in [0.4, 0.5) is 0 Å². The molecule has 0 saturated heterocycles. The van der Waals surface area contributed by atoms with Crippen molar-refractivity contribution in [3.05, 3.63) is 29.6 Å². The molecule has 5 heteroatoms. The number of carbonyl (C=O) groups is 1. The largest absolute Gasteiger partial charge is 0.478 e. The summed E-state index contributed by atoms with van der Waals surface area (Å²) in [4.78, 5) is 15.6. The Bertz CT molecular complexity index is 622. The number of aromatic carboxylic acids is 1. The molecule has 0 atom stereocenters. The molecule has 21 heavy (non-hydrogen) atoms. The standard InChI is InChI=1S/C16H22N2O2S/c1-3-15-17-13-11-12(16(19)20)7-8-14(13)18(15)9-5-4-6-10-21-2/h7-8,11H,3-6,9-10H2,1-2H3,(H,19,20). The Kier molecular flexibility index (Phi) is 5.67. The lowest BCUT2D eigenvalue weighted by Crippen LogP contribution is -2.03. The monoisotopic (exact) mass is 306 g/mol. The van der Waals surface area contributed by atoms with Gasteiger partial charge in [-0.2, -0.15) is 11.8 Å². The molecule has 114 valence electrons. The summed E-state index contributed by atoms with van der Waals surface area (Å²) in [7, 11) is 0. The molecule has 4 nitrogen and oxygen atoms in total. The number of carboxylic acid groups (broad SMARTS) is 1. The molecule has 0 bridgehead atoms. The molecule has 0 amide bonds. The number of imidazole rings is 1. The highest BCUT2D eigenvalue weighted by atomic mass is 32.2. The van der Waals surface area contributed by atoms with E-state index in [1.165, 1.54) is 18.6 Å². The molecule has 1 N–H and O–H groups in total. The van der Waals surface area contributed by atoms with Crippen molar-refractivity contribution in [2.24, 2.45) is 0 Å². The van der Waals surface area contributed by atoms with Crippen LogP contribution in [0.1, 0.15) is 42.4 Å². The molecule has 0 aliphatic carbocycles. The Labute approximate surface area is 129 Å². The van der Waals surface area contributed by atoms with Gasteiger partial charge in [0.2, 0.25) is 0 Å². The number of hydrogen-bond acceptors (Lipinski definition) is 3. The van der Waals surface area contributed by atoms with Gasteiger partial charge in [0.1, 0.15) is 5.82 Å². The number of unbranched alkanes of at least 4 members (excludes halogenated alkanes) is 2. The van der Waals surface area contributed by atoms with Crippen molar-refractivity contribution in [1.82, 2.24) is 9.55 Å². The van der Waals surface area contributed by atoms with Gasteiger partial charge in [0, 0.05) is 13.0 Å². The van der Waals surface area contributed by atoms with Crippen molar-refractivity contribution in [3.8, 4) is 0 Å². The van der Waals surface area contributed by atoms with Crippen LogP contribution < -0.4 is 0 Å². The van der Waals surface area contributed by atoms with Gasteiger partial charge >= 0.3 is 5.97 Å². The fraction of sp³-hybridized carbons (Fsp3) is 0.500. The van der Waals surface area contributed by atoms with E-state index in [1.807, 2.05) is 17.8 Å². The zero-order chi connectivity index (χ0) is 15.2. The maximum Gasteiger partial charge on any atom is 0.335 e. The van der Waals surface area contributed by atoms with Crippen LogP contribution in [0.5, 0.6) is 0 Å². The lowest BCUT2D eigenvalue weighted by molar-refractivity contribution is 0.0697. The fourth-order valence-electron chi connectivity index (χ4n) is 2.53. The molecule has 0 spiro atoms. The van der Waals surface area contributed by atoms with Gasteiger partial charge in [0.25, 0.3) is 0 Å². The number of nitrogens with zero attached hydrogens (tertiary/aromatic N) is 2. The third-order valence-electron chi connectivity index (χ3n) is 3.62. The third kappa shape index (κ3) is 3.79. The number of aryl methyl sites for hydroxylation is 2. The summed E-state index contributed by atoms with van der Waals surface area (Å²) in [6, 6.07) is 5.21. The first kappa shape index (κ1) is 15.9. The van der Waals surface area contributed by atoms with E-state index in [0.717, 1.165) is 36.2 Å². The van der Waals surface area contributed by atoms with E-state index in [-0.39, 0.29) is 0 Å². The molecule has 0 unspecified atom stereocenters. The average molecular weight is 306 g/mol. The van der Waals surface area contributed by atoms with Gasteiger partial charge in [0.15, 0.2) is 0 Å². The summed E-state index contributed by atoms with van der Waals surface area (Å²) in [6.45, 7) is 3.05. The molecule has 0 radical (unpaired) electrons. The molecule has 2 rings (SSSR count). The predicted octanol–water partition coefficient (Wildman–Crippen LogP) is 3.83. The van der Waals surface area contributed by atoms with Crippen molar-refractivity contribution in [2.75, 3.05) is 12.0 Å². The minimum absolute atomic E-state index is 0.301. The highest BCUT2D eigenvalue weighted by Crippen LogP contribution is 2.20. The zero-order valence-electron chi connectivity index (χ0n) is 12.6. The summed E-state index contributed by atoms with van der Waals surface area (Å²) < 4.78 is 2.24. The van der Waals surface area contributed by atoms with Crippen LogP contribution in [0.3, 0.4) is 0 Å². The first-order chi connectivity index (χ1) is 10.2. The molecule has 0 fully saturated rings. The zero-order valence-corrected chi connectivity index (χ0v) is 13.4. The highest BCUT2D eigenvalue weighted by molar-refractivity contribution is 7.98. The van der Waals surface area contributed by atoms with Crippen LogP contribution in [0.2, 0.25) is 0 Å². The number of carboxylic acids is 1. The van der Waals surface area contributed by atoms with Gasteiger partial charge in [-0.05, 0) is 43.0 Å². The van der Waals surface area contributed by atoms with Crippen LogP contribution in [0.25, 0.3) is 11.0 Å². The summed E-state index contributed by atoms with van der Waals surface area (Å²) >= 11 is 1.89. The first-order valence-corrected chi connectivity index (χ1v) is 8.78. The maximum absolute atomic E-state index is 11.0. The van der Waals surface area contributed by atoms with Crippen LogP contribution in [-0.4, -0.2) is 32.6 Å². The average Bonchev–Trinajstić information content (AvgIpc) is 2.84. The van der Waals surface area contributed by atoms with Crippen molar-refractivity contribution >= 4 is 28.8 Å². The Balaban J connectivity index is 2.19. The molecule has 0 aliphatic heterocycles. The predicted molar refractivity (Wildman–Crippen MR) is 88.3 cm³/mol. The van der Waals surface area contributed by atoms with Gasteiger partial charge < -0.3 is 9.67 Å². The molecule has 0 saturated carbocycles. The second-order valence-corrected chi connectivity index (χ2v) is 6.08. The van der Waals surface area contributed by atoms with E-state index in [4.69, 9.17) is 5.11 Å². The smallest absolute Gasteiger partial charge is 0.335 e. The summed E-state index contributed by atoms with van der Waals surface area (Å²) in [5, 5.41) is 9.06. The Morgan fingerprint density at radius 2 is 2.14 bits per heavy atom. The summed E-state index contributed by atoms with van der Waals surface area (Å²) in [5.41, 5.74) is 2.13. The van der Waals surface area contributed by atoms with E-state index >= 15 is 0 Å². The van der Waals surface area contributed by atoms with Gasteiger partial charge in [-0.15, -0.1) is 0 Å². The van der Waals surface area contributed by atoms with E-state index in [2.05, 4.69) is 22.7 Å². The van der Waals surface area contributed by atoms with Gasteiger partial charge in [-0.25, -0.2) is 9.78 Å². The fourth-order valence-corrected chi connectivity index (χ4v) is 3.02. The van der Waals surface area contributed by atoms with Crippen molar-refractivity contribution in [2.45, 2.75) is 39.2 Å². The van der Waals surface area contributed by atoms with Crippen molar-refractivity contribution < 1.29 is 9.90 Å². The highest BCUT2D eigenvalue weighted by Gasteiger charge is 2.11. The minimum Gasteiger partial charge on any atom is -0.478 e. The minimum atomic E-state index is -0.901. The molecule has 1 aromatic carbocycles. The number of benzene rings is 1. The Hall–Kier alpha value is -1.49.